The third-order valence-electron chi connectivity index (χ3n) is 2.09. The summed E-state index contributed by atoms with van der Waals surface area (Å²) in [5, 5.41) is 18.6. The molecule has 2 N–H and O–H groups in total. The molecule has 1 aromatic heterocycles. The molecule has 0 aliphatic heterocycles. The van der Waals surface area contributed by atoms with E-state index in [0.29, 0.717) is 18.6 Å². The van der Waals surface area contributed by atoms with Gasteiger partial charge in [0.05, 0.1) is 0 Å². The Labute approximate surface area is 78.0 Å². The van der Waals surface area contributed by atoms with E-state index in [0.717, 1.165) is 5.76 Å². The van der Waals surface area contributed by atoms with Gasteiger partial charge < -0.3 is 14.6 Å². The van der Waals surface area contributed by atoms with Gasteiger partial charge in [0.25, 0.3) is 0 Å². The fourth-order valence-electron chi connectivity index (χ4n) is 1.27. The molecular formula is C10H16O3. The van der Waals surface area contributed by atoms with Crippen LogP contribution in [0.25, 0.3) is 0 Å². The van der Waals surface area contributed by atoms with Crippen molar-refractivity contribution in [3.8, 4) is 0 Å². The number of aliphatic hydroxyl groups excluding tert-OH is 1. The maximum atomic E-state index is 9.93. The lowest BCUT2D eigenvalue weighted by molar-refractivity contribution is 0.0184. The van der Waals surface area contributed by atoms with Gasteiger partial charge in [-0.15, -0.1) is 0 Å². The van der Waals surface area contributed by atoms with Gasteiger partial charge in [-0.05, 0) is 38.8 Å². The zero-order chi connectivity index (χ0) is 9.90. The highest BCUT2D eigenvalue weighted by atomic mass is 16.4. The Hall–Kier alpha value is -0.800. The molecule has 0 bridgehead atoms. The average molecular weight is 184 g/mol. The van der Waals surface area contributed by atoms with Crippen LogP contribution in [-0.2, 0) is 5.60 Å². The Bertz CT molecular complexity index is 263. The van der Waals surface area contributed by atoms with Crippen molar-refractivity contribution in [2.45, 2.75) is 32.3 Å². The van der Waals surface area contributed by atoms with E-state index in [1.165, 1.54) is 0 Å². The third-order valence-corrected chi connectivity index (χ3v) is 2.09. The van der Waals surface area contributed by atoms with Gasteiger partial charge in [0.1, 0.15) is 17.1 Å². The van der Waals surface area contributed by atoms with Gasteiger partial charge in [0.15, 0.2) is 0 Å². The molecule has 3 nitrogen and oxygen atoms in total. The molecule has 74 valence electrons. The number of rotatable bonds is 4. The molecule has 0 aliphatic carbocycles. The predicted octanol–water partition coefficient (Wildman–Crippen LogP) is 1.57. The van der Waals surface area contributed by atoms with Crippen LogP contribution in [0.3, 0.4) is 0 Å². The Morgan fingerprint density at radius 2 is 2.15 bits per heavy atom. The summed E-state index contributed by atoms with van der Waals surface area (Å²) in [6.07, 6.45) is 1.09. The number of furan rings is 1. The molecule has 0 amide bonds. The Balaban J connectivity index is 2.68. The molecule has 0 fully saturated rings. The third kappa shape index (κ3) is 2.57. The van der Waals surface area contributed by atoms with Crippen LogP contribution < -0.4 is 0 Å². The lowest BCUT2D eigenvalue weighted by Crippen LogP contribution is -2.20. The maximum absolute atomic E-state index is 9.93. The van der Waals surface area contributed by atoms with Crippen molar-refractivity contribution >= 4 is 0 Å². The van der Waals surface area contributed by atoms with E-state index >= 15 is 0 Å². The number of aryl methyl sites for hydroxylation is 1. The lowest BCUT2D eigenvalue weighted by Gasteiger charge is -2.19. The SMILES string of the molecule is Cc1ccc([C@@](C)(O)CCCO)o1. The molecule has 0 unspecified atom stereocenters. The normalized spacial score (nSPS) is 15.7. The van der Waals surface area contributed by atoms with Gasteiger partial charge in [-0.1, -0.05) is 0 Å². The molecule has 0 spiro atoms. The quantitative estimate of drug-likeness (QED) is 0.746. The van der Waals surface area contributed by atoms with E-state index in [1.54, 1.807) is 13.0 Å². The molecule has 0 radical (unpaired) electrons. The zero-order valence-corrected chi connectivity index (χ0v) is 8.08. The van der Waals surface area contributed by atoms with E-state index in [4.69, 9.17) is 9.52 Å². The van der Waals surface area contributed by atoms with E-state index in [1.807, 2.05) is 13.0 Å². The van der Waals surface area contributed by atoms with Crippen LogP contribution in [0.15, 0.2) is 16.5 Å². The first-order chi connectivity index (χ1) is 6.06. The highest BCUT2D eigenvalue weighted by Crippen LogP contribution is 2.27. The Kier molecular flexibility index (Phi) is 3.12. The van der Waals surface area contributed by atoms with Gasteiger partial charge in [-0.25, -0.2) is 0 Å². The second-order valence-electron chi connectivity index (χ2n) is 3.51. The van der Waals surface area contributed by atoms with Crippen molar-refractivity contribution in [3.05, 3.63) is 23.7 Å². The topological polar surface area (TPSA) is 53.6 Å². The molecule has 1 atom stereocenters. The minimum atomic E-state index is -0.961. The molecular weight excluding hydrogens is 168 g/mol. The van der Waals surface area contributed by atoms with E-state index in [9.17, 15) is 5.11 Å². The number of hydrogen-bond acceptors (Lipinski definition) is 3. The molecule has 0 saturated heterocycles. The molecule has 1 heterocycles. The van der Waals surface area contributed by atoms with Gasteiger partial charge in [-0.3, -0.25) is 0 Å². The van der Waals surface area contributed by atoms with Gasteiger partial charge >= 0.3 is 0 Å². The smallest absolute Gasteiger partial charge is 0.135 e. The summed E-state index contributed by atoms with van der Waals surface area (Å²) >= 11 is 0. The predicted molar refractivity (Wildman–Crippen MR) is 49.3 cm³/mol. The standard InChI is InChI=1S/C10H16O3/c1-8-4-5-9(13-8)10(2,12)6-3-7-11/h4-5,11-12H,3,6-7H2,1-2H3/t10-/m0/s1. The first-order valence-corrected chi connectivity index (χ1v) is 4.46. The van der Waals surface area contributed by atoms with Crippen LogP contribution in [0.4, 0.5) is 0 Å². The summed E-state index contributed by atoms with van der Waals surface area (Å²) in [5.74, 6) is 1.36. The van der Waals surface area contributed by atoms with Crippen LogP contribution in [0.5, 0.6) is 0 Å². The summed E-state index contributed by atoms with van der Waals surface area (Å²) in [6, 6.07) is 3.59. The van der Waals surface area contributed by atoms with Crippen LogP contribution >= 0.6 is 0 Å². The highest BCUT2D eigenvalue weighted by Gasteiger charge is 2.25. The highest BCUT2D eigenvalue weighted by molar-refractivity contribution is 5.12. The van der Waals surface area contributed by atoms with Crippen LogP contribution in [0, 0.1) is 6.92 Å². The maximum Gasteiger partial charge on any atom is 0.135 e. The second-order valence-corrected chi connectivity index (χ2v) is 3.51. The van der Waals surface area contributed by atoms with Crippen LogP contribution in [0.2, 0.25) is 0 Å². The minimum Gasteiger partial charge on any atom is -0.463 e. The van der Waals surface area contributed by atoms with Crippen molar-refractivity contribution in [2.24, 2.45) is 0 Å². The molecule has 0 aliphatic rings. The van der Waals surface area contributed by atoms with Gasteiger partial charge in [0, 0.05) is 6.61 Å². The molecule has 1 rings (SSSR count). The molecule has 13 heavy (non-hydrogen) atoms. The van der Waals surface area contributed by atoms with Crippen LogP contribution in [-0.4, -0.2) is 16.8 Å². The second kappa shape index (κ2) is 3.94. The first-order valence-electron chi connectivity index (χ1n) is 4.46. The molecule has 1 aromatic rings. The van der Waals surface area contributed by atoms with Crippen molar-refractivity contribution in [1.29, 1.82) is 0 Å². The summed E-state index contributed by atoms with van der Waals surface area (Å²) in [7, 11) is 0. The van der Waals surface area contributed by atoms with Crippen molar-refractivity contribution in [1.82, 2.24) is 0 Å². The summed E-state index contributed by atoms with van der Waals surface area (Å²) in [4.78, 5) is 0. The molecule has 0 saturated carbocycles. The number of aliphatic hydroxyl groups is 2. The fraction of sp³-hybridized carbons (Fsp3) is 0.600. The summed E-state index contributed by atoms with van der Waals surface area (Å²) in [5.41, 5.74) is -0.961. The van der Waals surface area contributed by atoms with Crippen molar-refractivity contribution in [3.63, 3.8) is 0 Å². The summed E-state index contributed by atoms with van der Waals surface area (Å²) < 4.78 is 5.31. The van der Waals surface area contributed by atoms with Crippen LogP contribution in [0.1, 0.15) is 31.3 Å². The molecule has 0 aromatic carbocycles. The Morgan fingerprint density at radius 1 is 1.46 bits per heavy atom. The largest absolute Gasteiger partial charge is 0.463 e. The molecule has 3 heteroatoms. The zero-order valence-electron chi connectivity index (χ0n) is 8.08. The monoisotopic (exact) mass is 184 g/mol. The fourth-order valence-corrected chi connectivity index (χ4v) is 1.27. The Morgan fingerprint density at radius 3 is 2.62 bits per heavy atom. The van der Waals surface area contributed by atoms with Crippen molar-refractivity contribution in [2.75, 3.05) is 6.61 Å². The lowest BCUT2D eigenvalue weighted by atomic mass is 9.97. The van der Waals surface area contributed by atoms with Gasteiger partial charge in [-0.2, -0.15) is 0 Å². The van der Waals surface area contributed by atoms with Crippen molar-refractivity contribution < 1.29 is 14.6 Å². The van der Waals surface area contributed by atoms with E-state index in [-0.39, 0.29) is 6.61 Å². The first kappa shape index (κ1) is 10.3. The average Bonchev–Trinajstić information content (AvgIpc) is 2.49. The number of hydrogen-bond donors (Lipinski definition) is 2. The van der Waals surface area contributed by atoms with Gasteiger partial charge in [0.2, 0.25) is 0 Å². The summed E-state index contributed by atoms with van der Waals surface area (Å²) in [6.45, 7) is 3.63. The van der Waals surface area contributed by atoms with E-state index in [2.05, 4.69) is 0 Å². The van der Waals surface area contributed by atoms with E-state index < -0.39 is 5.60 Å². The minimum absolute atomic E-state index is 0.0931.